The van der Waals surface area contributed by atoms with Crippen LogP contribution in [0.3, 0.4) is 0 Å². The lowest BCUT2D eigenvalue weighted by Gasteiger charge is -2.04. The third-order valence-electron chi connectivity index (χ3n) is 2.20. The summed E-state index contributed by atoms with van der Waals surface area (Å²) in [7, 11) is 1.90. The minimum atomic E-state index is 0.922. The highest BCUT2D eigenvalue weighted by Crippen LogP contribution is 2.19. The molecule has 4 heteroatoms. The van der Waals surface area contributed by atoms with Gasteiger partial charge in [0.2, 0.25) is 0 Å². The van der Waals surface area contributed by atoms with E-state index < -0.39 is 0 Å². The van der Waals surface area contributed by atoms with Crippen LogP contribution in [0.1, 0.15) is 13.3 Å². The minimum absolute atomic E-state index is 0.922. The SMILES string of the molecule is CCCNc1ccnc2c1cnn2C. The van der Waals surface area contributed by atoms with E-state index in [-0.39, 0.29) is 0 Å². The van der Waals surface area contributed by atoms with E-state index >= 15 is 0 Å². The van der Waals surface area contributed by atoms with E-state index in [0.717, 1.165) is 29.7 Å². The lowest BCUT2D eigenvalue weighted by molar-refractivity contribution is 0.786. The molecular formula is C10H14N4. The molecule has 0 saturated heterocycles. The van der Waals surface area contributed by atoms with Crippen molar-refractivity contribution in [1.29, 1.82) is 0 Å². The molecule has 0 atom stereocenters. The van der Waals surface area contributed by atoms with Gasteiger partial charge in [-0.25, -0.2) is 4.98 Å². The standard InChI is InChI=1S/C10H14N4/c1-3-5-11-9-4-6-12-10-8(9)7-13-14(10)2/h4,6-7H,3,5H2,1-2H3,(H,11,12). The van der Waals surface area contributed by atoms with Crippen LogP contribution in [0.5, 0.6) is 0 Å². The molecule has 14 heavy (non-hydrogen) atoms. The van der Waals surface area contributed by atoms with Gasteiger partial charge in [-0.05, 0) is 12.5 Å². The molecule has 0 fully saturated rings. The number of fused-ring (bicyclic) bond motifs is 1. The van der Waals surface area contributed by atoms with Crippen LogP contribution in [-0.4, -0.2) is 21.3 Å². The van der Waals surface area contributed by atoms with Crippen molar-refractivity contribution >= 4 is 16.7 Å². The van der Waals surface area contributed by atoms with Gasteiger partial charge in [-0.1, -0.05) is 6.92 Å². The van der Waals surface area contributed by atoms with Gasteiger partial charge >= 0.3 is 0 Å². The third kappa shape index (κ3) is 1.43. The Morgan fingerprint density at radius 1 is 1.50 bits per heavy atom. The van der Waals surface area contributed by atoms with Gasteiger partial charge in [0.15, 0.2) is 5.65 Å². The molecule has 4 nitrogen and oxygen atoms in total. The Morgan fingerprint density at radius 2 is 2.36 bits per heavy atom. The molecule has 2 rings (SSSR count). The summed E-state index contributed by atoms with van der Waals surface area (Å²) in [6.45, 7) is 3.13. The molecule has 0 aromatic carbocycles. The lowest BCUT2D eigenvalue weighted by Crippen LogP contribution is -2.00. The number of rotatable bonds is 3. The predicted octanol–water partition coefficient (Wildman–Crippen LogP) is 1.79. The summed E-state index contributed by atoms with van der Waals surface area (Å²) in [6, 6.07) is 1.99. The molecule has 0 bridgehead atoms. The van der Waals surface area contributed by atoms with Gasteiger partial charge < -0.3 is 5.32 Å². The fraction of sp³-hybridized carbons (Fsp3) is 0.400. The summed E-state index contributed by atoms with van der Waals surface area (Å²) in [4.78, 5) is 4.27. The van der Waals surface area contributed by atoms with Crippen LogP contribution in [-0.2, 0) is 7.05 Å². The molecular weight excluding hydrogens is 176 g/mol. The quantitative estimate of drug-likeness (QED) is 0.802. The van der Waals surface area contributed by atoms with Crippen LogP contribution in [0.15, 0.2) is 18.5 Å². The molecule has 0 saturated carbocycles. The molecule has 0 aliphatic heterocycles. The maximum Gasteiger partial charge on any atom is 0.159 e. The van der Waals surface area contributed by atoms with E-state index in [1.54, 1.807) is 4.68 Å². The monoisotopic (exact) mass is 190 g/mol. The van der Waals surface area contributed by atoms with Gasteiger partial charge in [0.05, 0.1) is 11.6 Å². The first kappa shape index (κ1) is 8.99. The molecule has 0 unspecified atom stereocenters. The Morgan fingerprint density at radius 3 is 3.14 bits per heavy atom. The smallest absolute Gasteiger partial charge is 0.159 e. The Labute approximate surface area is 82.9 Å². The predicted molar refractivity (Wildman–Crippen MR) is 57.3 cm³/mol. The zero-order valence-corrected chi connectivity index (χ0v) is 8.49. The van der Waals surface area contributed by atoms with Crippen molar-refractivity contribution in [2.45, 2.75) is 13.3 Å². The van der Waals surface area contributed by atoms with E-state index in [1.165, 1.54) is 0 Å². The molecule has 0 aliphatic rings. The average molecular weight is 190 g/mol. The topological polar surface area (TPSA) is 42.7 Å². The molecule has 0 spiro atoms. The van der Waals surface area contributed by atoms with Gasteiger partial charge in [-0.15, -0.1) is 0 Å². The maximum atomic E-state index is 4.27. The fourth-order valence-corrected chi connectivity index (χ4v) is 1.46. The van der Waals surface area contributed by atoms with Crippen molar-refractivity contribution in [1.82, 2.24) is 14.8 Å². The second kappa shape index (κ2) is 3.65. The van der Waals surface area contributed by atoms with Crippen molar-refractivity contribution in [3.05, 3.63) is 18.5 Å². The Bertz CT molecular complexity index is 433. The summed E-state index contributed by atoms with van der Waals surface area (Å²) in [5, 5.41) is 8.62. The second-order valence-electron chi connectivity index (χ2n) is 3.29. The lowest BCUT2D eigenvalue weighted by atomic mass is 10.3. The van der Waals surface area contributed by atoms with Crippen LogP contribution in [0, 0.1) is 0 Å². The van der Waals surface area contributed by atoms with Crippen LogP contribution in [0.2, 0.25) is 0 Å². The number of hydrogen-bond donors (Lipinski definition) is 1. The van der Waals surface area contributed by atoms with Gasteiger partial charge in [0, 0.05) is 25.5 Å². The van der Waals surface area contributed by atoms with E-state index in [9.17, 15) is 0 Å². The highest BCUT2D eigenvalue weighted by Gasteiger charge is 2.04. The maximum absolute atomic E-state index is 4.27. The van der Waals surface area contributed by atoms with E-state index in [1.807, 2.05) is 25.5 Å². The Hall–Kier alpha value is -1.58. The van der Waals surface area contributed by atoms with Crippen LogP contribution in [0.4, 0.5) is 5.69 Å². The molecule has 0 amide bonds. The molecule has 1 N–H and O–H groups in total. The summed E-state index contributed by atoms with van der Waals surface area (Å²) in [6.07, 6.45) is 4.77. The highest BCUT2D eigenvalue weighted by atomic mass is 15.3. The summed E-state index contributed by atoms with van der Waals surface area (Å²) in [5.41, 5.74) is 2.04. The summed E-state index contributed by atoms with van der Waals surface area (Å²) >= 11 is 0. The first-order chi connectivity index (χ1) is 6.83. The minimum Gasteiger partial charge on any atom is -0.384 e. The van der Waals surface area contributed by atoms with Crippen LogP contribution >= 0.6 is 0 Å². The second-order valence-corrected chi connectivity index (χ2v) is 3.29. The van der Waals surface area contributed by atoms with Gasteiger partial charge in [-0.3, -0.25) is 4.68 Å². The van der Waals surface area contributed by atoms with E-state index in [0.29, 0.717) is 0 Å². The van der Waals surface area contributed by atoms with Crippen LogP contribution in [0.25, 0.3) is 11.0 Å². The highest BCUT2D eigenvalue weighted by molar-refractivity contribution is 5.88. The molecule has 2 aromatic heterocycles. The number of pyridine rings is 1. The summed E-state index contributed by atoms with van der Waals surface area (Å²) in [5.74, 6) is 0. The van der Waals surface area contributed by atoms with Crippen molar-refractivity contribution in [3.8, 4) is 0 Å². The zero-order valence-electron chi connectivity index (χ0n) is 8.49. The first-order valence-electron chi connectivity index (χ1n) is 4.83. The van der Waals surface area contributed by atoms with Gasteiger partial charge in [-0.2, -0.15) is 5.10 Å². The summed E-state index contributed by atoms with van der Waals surface area (Å²) < 4.78 is 1.78. The zero-order chi connectivity index (χ0) is 9.97. The number of aromatic nitrogens is 3. The van der Waals surface area contributed by atoms with Crippen LogP contribution < -0.4 is 5.32 Å². The van der Waals surface area contributed by atoms with Gasteiger partial charge in [0.1, 0.15) is 0 Å². The number of hydrogen-bond acceptors (Lipinski definition) is 3. The molecule has 0 aliphatic carbocycles. The van der Waals surface area contributed by atoms with Crippen molar-refractivity contribution in [2.24, 2.45) is 7.05 Å². The number of nitrogens with one attached hydrogen (secondary N) is 1. The third-order valence-corrected chi connectivity index (χ3v) is 2.20. The van der Waals surface area contributed by atoms with Crippen molar-refractivity contribution < 1.29 is 0 Å². The van der Waals surface area contributed by atoms with Gasteiger partial charge in [0.25, 0.3) is 0 Å². The average Bonchev–Trinajstić information content (AvgIpc) is 2.58. The Kier molecular flexibility index (Phi) is 2.35. The largest absolute Gasteiger partial charge is 0.384 e. The molecule has 2 aromatic rings. The Balaban J connectivity index is 2.44. The number of anilines is 1. The molecule has 0 radical (unpaired) electrons. The molecule has 74 valence electrons. The number of aryl methyl sites for hydroxylation is 1. The number of nitrogens with zero attached hydrogens (tertiary/aromatic N) is 3. The molecule has 2 heterocycles. The van der Waals surface area contributed by atoms with E-state index in [2.05, 4.69) is 22.3 Å². The van der Waals surface area contributed by atoms with Crippen molar-refractivity contribution in [2.75, 3.05) is 11.9 Å². The van der Waals surface area contributed by atoms with E-state index in [4.69, 9.17) is 0 Å². The first-order valence-corrected chi connectivity index (χ1v) is 4.83. The van der Waals surface area contributed by atoms with Crippen molar-refractivity contribution in [3.63, 3.8) is 0 Å². The normalized spacial score (nSPS) is 10.7. The fourth-order valence-electron chi connectivity index (χ4n) is 1.46.